The summed E-state index contributed by atoms with van der Waals surface area (Å²) in [5.74, 6) is 4.03. The molecular weight excluding hydrogens is 446 g/mol. The van der Waals surface area contributed by atoms with Gasteiger partial charge in [-0.15, -0.1) is 13.0 Å². The second-order valence-electron chi connectivity index (χ2n) is 6.38. The maximum Gasteiger partial charge on any atom is 0.282 e. The molecule has 0 aliphatic rings. The zero-order chi connectivity index (χ0) is 21.7. The number of methoxy groups -OCH3 is 1. The maximum atomic E-state index is 12.9. The molecule has 0 radical (unpaired) electrons. The average Bonchev–Trinajstić information content (AvgIpc) is 2.73. The van der Waals surface area contributed by atoms with E-state index in [1.807, 2.05) is 12.1 Å². The van der Waals surface area contributed by atoms with Gasteiger partial charge in [0.15, 0.2) is 11.5 Å². The van der Waals surface area contributed by atoms with Gasteiger partial charge in [-0.2, -0.15) is 9.78 Å². The van der Waals surface area contributed by atoms with Gasteiger partial charge in [0.1, 0.15) is 12.4 Å². The van der Waals surface area contributed by atoms with E-state index in [4.69, 9.17) is 15.9 Å². The number of halogens is 1. The van der Waals surface area contributed by atoms with Crippen LogP contribution in [0.5, 0.6) is 11.5 Å². The third kappa shape index (κ3) is 4.44. The van der Waals surface area contributed by atoms with Crippen LogP contribution in [-0.4, -0.2) is 29.6 Å². The molecule has 1 aromatic heterocycles. The number of aryl methyl sites for hydroxylation is 1. The van der Waals surface area contributed by atoms with Crippen molar-refractivity contribution in [1.29, 1.82) is 0 Å². The summed E-state index contributed by atoms with van der Waals surface area (Å²) in [6, 6.07) is 9.04. The number of hydrogen-bond acceptors (Lipinski definition) is 5. The van der Waals surface area contributed by atoms with Gasteiger partial charge in [-0.3, -0.25) is 4.79 Å². The van der Waals surface area contributed by atoms with Gasteiger partial charge in [-0.25, -0.2) is 4.98 Å². The molecule has 1 heterocycles. The largest absolute Gasteiger partial charge is 0.493 e. The quantitative estimate of drug-likeness (QED) is 0.299. The fourth-order valence-corrected chi connectivity index (χ4v) is 3.38. The minimum Gasteiger partial charge on any atom is -0.493 e. The Morgan fingerprint density at radius 2 is 2.17 bits per heavy atom. The molecule has 30 heavy (non-hydrogen) atoms. The van der Waals surface area contributed by atoms with Crippen molar-refractivity contribution in [3.63, 3.8) is 0 Å². The first kappa shape index (κ1) is 21.3. The monoisotopic (exact) mass is 465 g/mol. The Bertz CT molecular complexity index is 1240. The molecule has 3 aromatic rings. The molecule has 0 unspecified atom stereocenters. The Morgan fingerprint density at radius 1 is 1.37 bits per heavy atom. The number of terminal acetylenes is 1. The molecule has 0 saturated carbocycles. The van der Waals surface area contributed by atoms with E-state index in [2.05, 4.69) is 38.5 Å². The fraction of sp³-hybridized carbons (Fsp3) is 0.174. The van der Waals surface area contributed by atoms with Gasteiger partial charge in [-0.05, 0) is 49.2 Å². The van der Waals surface area contributed by atoms with Crippen molar-refractivity contribution >= 4 is 33.0 Å². The number of rotatable bonds is 7. The summed E-state index contributed by atoms with van der Waals surface area (Å²) in [4.78, 5) is 17.4. The lowest BCUT2D eigenvalue weighted by Crippen LogP contribution is -2.20. The zero-order valence-electron chi connectivity index (χ0n) is 16.7. The molecule has 0 N–H and O–H groups in total. The lowest BCUT2D eigenvalue weighted by Gasteiger charge is -2.14. The number of ether oxygens (including phenoxy) is 2. The minimum absolute atomic E-state index is 0.126. The second-order valence-corrected chi connectivity index (χ2v) is 7.29. The summed E-state index contributed by atoms with van der Waals surface area (Å²) in [6.07, 6.45) is 9.22. The molecule has 152 valence electrons. The van der Waals surface area contributed by atoms with Crippen LogP contribution in [0.3, 0.4) is 0 Å². The summed E-state index contributed by atoms with van der Waals surface area (Å²) in [5.41, 5.74) is 1.96. The third-order valence-corrected chi connectivity index (χ3v) is 4.82. The minimum atomic E-state index is -0.248. The first-order chi connectivity index (χ1) is 14.5. The van der Waals surface area contributed by atoms with E-state index in [0.29, 0.717) is 34.6 Å². The highest BCUT2D eigenvalue weighted by molar-refractivity contribution is 9.10. The highest BCUT2D eigenvalue weighted by Crippen LogP contribution is 2.33. The van der Waals surface area contributed by atoms with Gasteiger partial charge in [0.2, 0.25) is 0 Å². The molecule has 0 fully saturated rings. The molecule has 0 bridgehead atoms. The molecule has 0 aliphatic carbocycles. The van der Waals surface area contributed by atoms with Gasteiger partial charge in [0.25, 0.3) is 5.56 Å². The van der Waals surface area contributed by atoms with Crippen molar-refractivity contribution in [3.8, 4) is 23.8 Å². The number of nitrogens with zero attached hydrogens (tertiary/aromatic N) is 3. The molecule has 0 atom stereocenters. The van der Waals surface area contributed by atoms with E-state index in [1.165, 1.54) is 4.68 Å². The smallest absolute Gasteiger partial charge is 0.282 e. The van der Waals surface area contributed by atoms with Crippen molar-refractivity contribution < 1.29 is 9.47 Å². The van der Waals surface area contributed by atoms with Crippen molar-refractivity contribution in [2.24, 2.45) is 5.10 Å². The number of aromatic nitrogens is 2. The van der Waals surface area contributed by atoms with Crippen LogP contribution in [-0.2, 0) is 6.42 Å². The van der Waals surface area contributed by atoms with Gasteiger partial charge in [0, 0.05) is 10.0 Å². The summed E-state index contributed by atoms with van der Waals surface area (Å²) >= 11 is 3.39. The Balaban J connectivity index is 2.07. The topological polar surface area (TPSA) is 65.7 Å². The van der Waals surface area contributed by atoms with E-state index in [1.54, 1.807) is 44.5 Å². The Kier molecular flexibility index (Phi) is 6.70. The SMILES string of the molecule is C#CCOc1c(CC=C)cc(C=Nn2c(C)nc3ccc(Br)cc3c2=O)cc1OC. The predicted octanol–water partition coefficient (Wildman–Crippen LogP) is 4.10. The highest BCUT2D eigenvalue weighted by Gasteiger charge is 2.13. The van der Waals surface area contributed by atoms with Crippen LogP contribution in [0.2, 0.25) is 0 Å². The lowest BCUT2D eigenvalue weighted by atomic mass is 10.1. The second kappa shape index (κ2) is 9.42. The number of fused-ring (bicyclic) bond motifs is 1. The van der Waals surface area contributed by atoms with Crippen LogP contribution in [0.25, 0.3) is 10.9 Å². The van der Waals surface area contributed by atoms with E-state index >= 15 is 0 Å². The summed E-state index contributed by atoms with van der Waals surface area (Å²) in [5, 5.41) is 4.85. The van der Waals surface area contributed by atoms with Gasteiger partial charge >= 0.3 is 0 Å². The predicted molar refractivity (Wildman–Crippen MR) is 123 cm³/mol. The average molecular weight is 466 g/mol. The fourth-order valence-electron chi connectivity index (χ4n) is 3.01. The number of hydrogen-bond donors (Lipinski definition) is 0. The standard InChI is InChI=1S/C23H20BrN3O3/c1-5-7-17-11-16(12-21(29-4)22(17)30-10-6-2)14-25-27-15(3)26-20-9-8-18(24)13-19(20)23(27)28/h2,5,8-9,11-14H,1,7,10H2,3-4H3. The van der Waals surface area contributed by atoms with Crippen molar-refractivity contribution in [1.82, 2.24) is 9.66 Å². The molecule has 0 spiro atoms. The number of benzene rings is 2. The van der Waals surface area contributed by atoms with Crippen LogP contribution in [0.1, 0.15) is 17.0 Å². The summed E-state index contributed by atoms with van der Waals surface area (Å²) in [7, 11) is 1.55. The first-order valence-corrected chi connectivity index (χ1v) is 9.89. The summed E-state index contributed by atoms with van der Waals surface area (Å²) in [6.45, 7) is 5.65. The van der Waals surface area contributed by atoms with Gasteiger partial charge < -0.3 is 9.47 Å². The van der Waals surface area contributed by atoms with Gasteiger partial charge in [0.05, 0.1) is 24.2 Å². The van der Waals surface area contributed by atoms with E-state index in [-0.39, 0.29) is 12.2 Å². The van der Waals surface area contributed by atoms with E-state index < -0.39 is 0 Å². The van der Waals surface area contributed by atoms with Crippen molar-refractivity contribution in [2.45, 2.75) is 13.3 Å². The molecule has 3 rings (SSSR count). The Hall–Kier alpha value is -3.37. The maximum absolute atomic E-state index is 12.9. The molecule has 0 saturated heterocycles. The number of allylic oxidation sites excluding steroid dienone is 1. The molecule has 2 aromatic carbocycles. The third-order valence-electron chi connectivity index (χ3n) is 4.33. The van der Waals surface area contributed by atoms with Gasteiger partial charge in [-0.1, -0.05) is 27.9 Å². The van der Waals surface area contributed by atoms with Crippen LogP contribution in [0.4, 0.5) is 0 Å². The van der Waals surface area contributed by atoms with Crippen LogP contribution in [0.15, 0.2) is 57.4 Å². The molecular formula is C23H20BrN3O3. The normalized spacial score (nSPS) is 10.9. The first-order valence-electron chi connectivity index (χ1n) is 9.09. The van der Waals surface area contributed by atoms with E-state index in [9.17, 15) is 4.79 Å². The van der Waals surface area contributed by atoms with Crippen molar-refractivity contribution in [2.75, 3.05) is 13.7 Å². The molecule has 0 amide bonds. The molecule has 7 heteroatoms. The highest BCUT2D eigenvalue weighted by atomic mass is 79.9. The Morgan fingerprint density at radius 3 is 2.87 bits per heavy atom. The van der Waals surface area contributed by atoms with Crippen LogP contribution < -0.4 is 15.0 Å². The molecule has 0 aliphatic heterocycles. The lowest BCUT2D eigenvalue weighted by molar-refractivity contribution is 0.328. The van der Waals surface area contributed by atoms with Crippen LogP contribution in [0, 0.1) is 19.3 Å². The van der Waals surface area contributed by atoms with E-state index in [0.717, 1.165) is 15.6 Å². The van der Waals surface area contributed by atoms with Crippen LogP contribution >= 0.6 is 15.9 Å². The van der Waals surface area contributed by atoms with Crippen molar-refractivity contribution in [3.05, 3.63) is 74.8 Å². The Labute approximate surface area is 183 Å². The summed E-state index contributed by atoms with van der Waals surface area (Å²) < 4.78 is 13.2. The zero-order valence-corrected chi connectivity index (χ0v) is 18.3. The molecule has 6 nitrogen and oxygen atoms in total.